The molecule has 1 aromatic rings. The molecule has 0 heterocycles. The molecule has 0 aromatic heterocycles. The van der Waals surface area contributed by atoms with Gasteiger partial charge in [0.1, 0.15) is 6.34 Å². The number of nitrogens with zero attached hydrogens (tertiary/aromatic N) is 1. The van der Waals surface area contributed by atoms with Crippen LogP contribution < -0.4 is 20.3 Å². The molecule has 2 rings (SSSR count). The molecule has 120 valence electrons. The van der Waals surface area contributed by atoms with Crippen molar-refractivity contribution in [1.82, 2.24) is 10.9 Å². The standard InChI is InChI=1S/C16H23N3O3/c1-21-14-9-8-12(10-15(14)22-2)16(20)19-18-11-17-13-6-4-3-5-7-13/h8-11,13H,3-7H2,1-2H3,(H,17,18)(H,19,20). The van der Waals surface area contributed by atoms with Crippen molar-refractivity contribution in [3.8, 4) is 11.5 Å². The first-order valence-electron chi connectivity index (χ1n) is 7.54. The largest absolute Gasteiger partial charge is 0.493 e. The van der Waals surface area contributed by atoms with Crippen LogP contribution in [-0.2, 0) is 0 Å². The fourth-order valence-corrected chi connectivity index (χ4v) is 2.52. The second-order valence-corrected chi connectivity index (χ2v) is 5.24. The van der Waals surface area contributed by atoms with E-state index in [1.807, 2.05) is 0 Å². The maximum atomic E-state index is 12.0. The van der Waals surface area contributed by atoms with Gasteiger partial charge in [-0.3, -0.25) is 20.6 Å². The van der Waals surface area contributed by atoms with E-state index in [2.05, 4.69) is 15.8 Å². The molecule has 1 amide bonds. The zero-order valence-corrected chi connectivity index (χ0v) is 13.1. The van der Waals surface area contributed by atoms with Crippen molar-refractivity contribution in [2.75, 3.05) is 14.2 Å². The Labute approximate surface area is 130 Å². The molecule has 0 unspecified atom stereocenters. The number of ether oxygens (including phenoxy) is 2. The molecule has 2 N–H and O–H groups in total. The van der Waals surface area contributed by atoms with E-state index in [1.165, 1.54) is 26.4 Å². The number of hydrogen-bond acceptors (Lipinski definition) is 4. The lowest BCUT2D eigenvalue weighted by Gasteiger charge is -2.17. The third-order valence-electron chi connectivity index (χ3n) is 3.76. The van der Waals surface area contributed by atoms with Crippen molar-refractivity contribution in [2.45, 2.75) is 38.1 Å². The Kier molecular flexibility index (Phi) is 6.06. The van der Waals surface area contributed by atoms with Gasteiger partial charge in [-0.2, -0.15) is 0 Å². The number of hydrazine groups is 1. The summed E-state index contributed by atoms with van der Waals surface area (Å²) in [6.07, 6.45) is 7.59. The first-order chi connectivity index (χ1) is 10.7. The summed E-state index contributed by atoms with van der Waals surface area (Å²) in [7, 11) is 3.09. The average molecular weight is 305 g/mol. The van der Waals surface area contributed by atoms with Gasteiger partial charge < -0.3 is 9.47 Å². The van der Waals surface area contributed by atoms with Gasteiger partial charge in [-0.1, -0.05) is 19.3 Å². The summed E-state index contributed by atoms with van der Waals surface area (Å²) in [6, 6.07) is 5.38. The third-order valence-corrected chi connectivity index (χ3v) is 3.76. The van der Waals surface area contributed by atoms with E-state index < -0.39 is 0 Å². The predicted molar refractivity (Wildman–Crippen MR) is 85.5 cm³/mol. The van der Waals surface area contributed by atoms with Gasteiger partial charge in [-0.05, 0) is 31.0 Å². The average Bonchev–Trinajstić information content (AvgIpc) is 2.58. The predicted octanol–water partition coefficient (Wildman–Crippen LogP) is 2.30. The van der Waals surface area contributed by atoms with Crippen LogP contribution in [0.3, 0.4) is 0 Å². The number of hydrogen-bond donors (Lipinski definition) is 2. The van der Waals surface area contributed by atoms with Crippen LogP contribution in [0.25, 0.3) is 0 Å². The Bertz CT molecular complexity index is 525. The zero-order chi connectivity index (χ0) is 15.8. The fraction of sp³-hybridized carbons (Fsp3) is 0.500. The molecule has 6 heteroatoms. The van der Waals surface area contributed by atoms with Crippen molar-refractivity contribution >= 4 is 12.2 Å². The molecular formula is C16H23N3O3. The van der Waals surface area contributed by atoms with Crippen LogP contribution in [0.15, 0.2) is 23.2 Å². The highest BCUT2D eigenvalue weighted by atomic mass is 16.5. The van der Waals surface area contributed by atoms with Gasteiger partial charge in [-0.25, -0.2) is 0 Å². The number of rotatable bonds is 6. The minimum absolute atomic E-state index is 0.254. The number of nitrogens with one attached hydrogen (secondary N) is 2. The van der Waals surface area contributed by atoms with E-state index in [4.69, 9.17) is 9.47 Å². The summed E-state index contributed by atoms with van der Waals surface area (Å²) < 4.78 is 10.3. The van der Waals surface area contributed by atoms with Gasteiger partial charge in [0.25, 0.3) is 5.91 Å². The minimum Gasteiger partial charge on any atom is -0.493 e. The number of aliphatic imine (C=N–C) groups is 1. The number of methoxy groups -OCH3 is 2. The highest BCUT2D eigenvalue weighted by molar-refractivity contribution is 5.95. The Morgan fingerprint density at radius 1 is 1.18 bits per heavy atom. The van der Waals surface area contributed by atoms with Crippen LogP contribution in [0.2, 0.25) is 0 Å². The molecule has 0 aliphatic heterocycles. The summed E-state index contributed by atoms with van der Waals surface area (Å²) in [4.78, 5) is 16.4. The molecule has 0 saturated heterocycles. The van der Waals surface area contributed by atoms with Gasteiger partial charge in [0, 0.05) is 5.56 Å². The molecule has 1 aliphatic carbocycles. The van der Waals surface area contributed by atoms with Gasteiger partial charge in [0.05, 0.1) is 20.3 Å². The quantitative estimate of drug-likeness (QED) is 0.480. The van der Waals surface area contributed by atoms with Crippen molar-refractivity contribution in [2.24, 2.45) is 4.99 Å². The lowest BCUT2D eigenvalue weighted by atomic mass is 9.96. The highest BCUT2D eigenvalue weighted by Crippen LogP contribution is 2.27. The summed E-state index contributed by atoms with van der Waals surface area (Å²) >= 11 is 0. The lowest BCUT2D eigenvalue weighted by Crippen LogP contribution is -2.36. The highest BCUT2D eigenvalue weighted by Gasteiger charge is 2.11. The Morgan fingerprint density at radius 3 is 2.59 bits per heavy atom. The molecule has 0 radical (unpaired) electrons. The molecule has 0 atom stereocenters. The maximum absolute atomic E-state index is 12.0. The smallest absolute Gasteiger partial charge is 0.269 e. The van der Waals surface area contributed by atoms with Crippen LogP contribution in [-0.4, -0.2) is 32.5 Å². The molecule has 6 nitrogen and oxygen atoms in total. The van der Waals surface area contributed by atoms with E-state index >= 15 is 0 Å². The minimum atomic E-state index is -0.254. The molecule has 1 saturated carbocycles. The second kappa shape index (κ2) is 8.26. The Balaban J connectivity index is 1.85. The molecule has 1 fully saturated rings. The normalized spacial score (nSPS) is 15.5. The SMILES string of the molecule is COc1ccc(C(=O)NNC=NC2CCCCC2)cc1OC. The van der Waals surface area contributed by atoms with Gasteiger partial charge in [-0.15, -0.1) is 0 Å². The topological polar surface area (TPSA) is 72.0 Å². The molecule has 22 heavy (non-hydrogen) atoms. The summed E-state index contributed by atoms with van der Waals surface area (Å²) in [6.45, 7) is 0. The number of carbonyl (C=O) groups excluding carboxylic acids is 1. The van der Waals surface area contributed by atoms with Gasteiger partial charge in [0.15, 0.2) is 11.5 Å². The number of benzene rings is 1. The van der Waals surface area contributed by atoms with E-state index in [9.17, 15) is 4.79 Å². The van der Waals surface area contributed by atoms with E-state index in [0.717, 1.165) is 12.8 Å². The summed E-state index contributed by atoms with van der Waals surface area (Å²) in [5.41, 5.74) is 5.81. The van der Waals surface area contributed by atoms with Gasteiger partial charge in [0.2, 0.25) is 0 Å². The molecule has 1 aromatic carbocycles. The Hall–Kier alpha value is -2.24. The van der Waals surface area contributed by atoms with E-state index in [0.29, 0.717) is 23.1 Å². The molecule has 0 bridgehead atoms. The van der Waals surface area contributed by atoms with Crippen LogP contribution in [0.4, 0.5) is 0 Å². The van der Waals surface area contributed by atoms with Gasteiger partial charge >= 0.3 is 0 Å². The zero-order valence-electron chi connectivity index (χ0n) is 13.1. The van der Waals surface area contributed by atoms with E-state index in [-0.39, 0.29) is 5.91 Å². The fourth-order valence-electron chi connectivity index (χ4n) is 2.52. The van der Waals surface area contributed by atoms with Crippen LogP contribution in [0, 0.1) is 0 Å². The summed E-state index contributed by atoms with van der Waals surface area (Å²) in [5.74, 6) is 0.855. The van der Waals surface area contributed by atoms with Crippen molar-refractivity contribution < 1.29 is 14.3 Å². The lowest BCUT2D eigenvalue weighted by molar-refractivity contribution is 0.0944. The monoisotopic (exact) mass is 305 g/mol. The summed E-state index contributed by atoms with van der Waals surface area (Å²) in [5, 5.41) is 0. The number of carbonyl (C=O) groups is 1. The second-order valence-electron chi connectivity index (χ2n) is 5.24. The first-order valence-corrected chi connectivity index (χ1v) is 7.54. The third kappa shape index (κ3) is 4.38. The van der Waals surface area contributed by atoms with Crippen molar-refractivity contribution in [3.63, 3.8) is 0 Å². The van der Waals surface area contributed by atoms with Crippen LogP contribution >= 0.6 is 0 Å². The molecule has 0 spiro atoms. The Morgan fingerprint density at radius 2 is 1.91 bits per heavy atom. The molecule has 1 aliphatic rings. The first kappa shape index (κ1) is 16.1. The van der Waals surface area contributed by atoms with Crippen LogP contribution in [0.1, 0.15) is 42.5 Å². The number of amides is 1. The maximum Gasteiger partial charge on any atom is 0.269 e. The van der Waals surface area contributed by atoms with Crippen LogP contribution in [0.5, 0.6) is 11.5 Å². The molecular weight excluding hydrogens is 282 g/mol. The van der Waals surface area contributed by atoms with Crippen molar-refractivity contribution in [3.05, 3.63) is 23.8 Å². The van der Waals surface area contributed by atoms with E-state index in [1.54, 1.807) is 31.6 Å². The van der Waals surface area contributed by atoms with Crippen molar-refractivity contribution in [1.29, 1.82) is 0 Å².